The van der Waals surface area contributed by atoms with E-state index in [2.05, 4.69) is 165 Å². The van der Waals surface area contributed by atoms with Crippen molar-refractivity contribution in [1.82, 2.24) is 5.32 Å². The smallest absolute Gasteiger partial charge is 0.220 e. The molecule has 99 heavy (non-hydrogen) atoms. The topological polar surface area (TPSA) is 228 Å². The second-order valence-electron chi connectivity index (χ2n) is 26.7. The summed E-state index contributed by atoms with van der Waals surface area (Å²) in [6, 6.07) is -0.951. The maximum absolute atomic E-state index is 13.4. The van der Waals surface area contributed by atoms with E-state index in [0.29, 0.717) is 12.8 Å². The van der Waals surface area contributed by atoms with Crippen molar-refractivity contribution in [2.45, 2.75) is 351 Å². The molecule has 564 valence electrons. The SMILES string of the molecule is CC/C=C\C/C=C\C/C=C\C/C=C\C/C=C\C/C=C\C/C=C\C/C=C\C/C=C\C/C=C\C/C=C\CCCCCCCCCC(=O)NC(COC1OC(CO)C(OC2OC(CO)C(O)C(O)C2O)C(O)C1O)C(O)/C=C/CC/C=C/CCCCCCCCCCCCCCCCCCCC. The molecule has 12 atom stereocenters. The van der Waals surface area contributed by atoms with Crippen molar-refractivity contribution in [3.8, 4) is 0 Å². The van der Waals surface area contributed by atoms with Crippen LogP contribution in [0.1, 0.15) is 277 Å². The first-order chi connectivity index (χ1) is 48.6. The van der Waals surface area contributed by atoms with E-state index in [1.54, 1.807) is 6.08 Å². The van der Waals surface area contributed by atoms with Crippen LogP contribution >= 0.6 is 0 Å². The Hall–Kier alpha value is -4.39. The van der Waals surface area contributed by atoms with Gasteiger partial charge in [-0.3, -0.25) is 4.79 Å². The molecule has 2 heterocycles. The van der Waals surface area contributed by atoms with Crippen LogP contribution in [0.25, 0.3) is 0 Å². The molecule has 2 aliphatic rings. The van der Waals surface area contributed by atoms with Gasteiger partial charge < -0.3 is 65.1 Å². The van der Waals surface area contributed by atoms with E-state index in [1.165, 1.54) is 116 Å². The van der Waals surface area contributed by atoms with Crippen LogP contribution in [0.4, 0.5) is 0 Å². The van der Waals surface area contributed by atoms with Crippen LogP contribution in [0.2, 0.25) is 0 Å². The molecule has 14 nitrogen and oxygen atoms in total. The molecule has 0 aromatic rings. The van der Waals surface area contributed by atoms with Crippen LogP contribution in [0.5, 0.6) is 0 Å². The van der Waals surface area contributed by atoms with Crippen molar-refractivity contribution in [2.75, 3.05) is 19.8 Å². The third-order valence-corrected chi connectivity index (χ3v) is 17.9. The summed E-state index contributed by atoms with van der Waals surface area (Å²) in [5.41, 5.74) is 0. The molecule has 0 saturated carbocycles. The highest BCUT2D eigenvalue weighted by Gasteiger charge is 2.51. The number of ether oxygens (including phenoxy) is 4. The van der Waals surface area contributed by atoms with Gasteiger partial charge in [0.05, 0.1) is 32.0 Å². The molecule has 2 saturated heterocycles. The Balaban J connectivity index is 1.65. The van der Waals surface area contributed by atoms with Gasteiger partial charge in [-0.2, -0.15) is 0 Å². The first-order valence-electron chi connectivity index (χ1n) is 39.2. The van der Waals surface area contributed by atoms with Crippen molar-refractivity contribution in [2.24, 2.45) is 0 Å². The minimum absolute atomic E-state index is 0.251. The maximum atomic E-state index is 13.4. The van der Waals surface area contributed by atoms with Crippen molar-refractivity contribution >= 4 is 5.91 Å². The lowest BCUT2D eigenvalue weighted by Gasteiger charge is -2.46. The highest BCUT2D eigenvalue weighted by molar-refractivity contribution is 5.76. The first-order valence-corrected chi connectivity index (χ1v) is 39.2. The fraction of sp³-hybridized carbons (Fsp3) is 0.682. The zero-order chi connectivity index (χ0) is 71.5. The minimum Gasteiger partial charge on any atom is -0.394 e. The quantitative estimate of drug-likeness (QED) is 0.0204. The molecule has 12 unspecified atom stereocenters. The standard InChI is InChI=1S/C85H141NO13/c1-3-5-7-9-11-13-15-17-19-21-23-25-27-29-30-31-32-33-34-35-36-37-38-39-40-41-42-43-44-45-47-49-51-53-55-57-59-61-63-65-67-69-77(90)86-73(72-96-84-82(95)80(93)83(76(71-88)98-84)99-85-81(94)79(92)78(91)75(70-87)97-85)74(89)68-66-64-62-60-58-56-54-52-50-48-46-28-26-24-22-20-18-16-14-12-10-8-6-4-2/h5,7,11,13,17,19,23,25,29-30,32-33,35-36,38-39,41-42,44-45,49,51,58,60,66,68,73-76,78-85,87-89,91-95H,3-4,6,8-10,12,14-16,18,20-22,24,26-28,31,34,37,40,43,46-48,50,52-57,59,61-65,67,69-72H2,1-2H3,(H,86,90)/b7-5-,13-11-,19-17-,25-23-,30-29-,33-32-,36-35-,39-38-,42-41-,45-44-,51-49-,60-58+,68-66+. The molecule has 1 amide bonds. The zero-order valence-corrected chi connectivity index (χ0v) is 61.7. The van der Waals surface area contributed by atoms with Crippen molar-refractivity contribution in [3.63, 3.8) is 0 Å². The Kier molecular flexibility index (Phi) is 61.2. The summed E-state index contributed by atoms with van der Waals surface area (Å²) in [6.45, 7) is 2.67. The number of aliphatic hydroxyl groups excluding tert-OH is 8. The molecular formula is C85H141NO13. The van der Waals surface area contributed by atoms with Crippen molar-refractivity contribution in [1.29, 1.82) is 0 Å². The molecule has 2 aliphatic heterocycles. The monoisotopic (exact) mass is 1380 g/mol. The Morgan fingerprint density at radius 1 is 0.374 bits per heavy atom. The number of amides is 1. The van der Waals surface area contributed by atoms with E-state index in [-0.39, 0.29) is 18.9 Å². The number of hydrogen-bond acceptors (Lipinski definition) is 13. The molecule has 2 fully saturated rings. The van der Waals surface area contributed by atoms with Crippen molar-refractivity contribution < 1.29 is 64.6 Å². The number of aliphatic hydroxyl groups is 8. The van der Waals surface area contributed by atoms with E-state index in [1.807, 2.05) is 6.08 Å². The maximum Gasteiger partial charge on any atom is 0.220 e. The fourth-order valence-corrected chi connectivity index (χ4v) is 11.8. The molecular weight excluding hydrogens is 1240 g/mol. The van der Waals surface area contributed by atoms with Gasteiger partial charge in [-0.1, -0.05) is 313 Å². The fourth-order valence-electron chi connectivity index (χ4n) is 11.8. The van der Waals surface area contributed by atoms with Crippen LogP contribution in [0, 0.1) is 0 Å². The van der Waals surface area contributed by atoms with E-state index in [0.717, 1.165) is 128 Å². The summed E-state index contributed by atoms with van der Waals surface area (Å²) in [6.07, 6.45) is 85.9. The highest BCUT2D eigenvalue weighted by Crippen LogP contribution is 2.30. The van der Waals surface area contributed by atoms with Crippen LogP contribution < -0.4 is 5.32 Å². The molecule has 0 spiro atoms. The summed E-state index contributed by atoms with van der Waals surface area (Å²) >= 11 is 0. The predicted molar refractivity (Wildman–Crippen MR) is 410 cm³/mol. The summed E-state index contributed by atoms with van der Waals surface area (Å²) in [5, 5.41) is 87.6. The number of unbranched alkanes of at least 4 members (excludes halogenated alkanes) is 26. The Morgan fingerprint density at radius 2 is 0.707 bits per heavy atom. The second-order valence-corrected chi connectivity index (χ2v) is 26.7. The van der Waals surface area contributed by atoms with Crippen LogP contribution in [0.15, 0.2) is 158 Å². The Labute approximate surface area is 601 Å². The minimum atomic E-state index is -1.80. The summed E-state index contributed by atoms with van der Waals surface area (Å²) in [5.74, 6) is -0.265. The third-order valence-electron chi connectivity index (χ3n) is 17.9. The van der Waals surface area contributed by atoms with Gasteiger partial charge in [0.15, 0.2) is 12.6 Å². The van der Waals surface area contributed by atoms with Gasteiger partial charge in [0, 0.05) is 6.42 Å². The molecule has 0 aromatic heterocycles. The highest BCUT2D eigenvalue weighted by atomic mass is 16.7. The van der Waals surface area contributed by atoms with E-state index < -0.39 is 86.8 Å². The predicted octanol–water partition coefficient (Wildman–Crippen LogP) is 17.7. The number of allylic oxidation sites excluding steroid dienone is 25. The lowest BCUT2D eigenvalue weighted by molar-refractivity contribution is -0.359. The molecule has 2 rings (SSSR count). The number of nitrogens with one attached hydrogen (secondary N) is 1. The van der Waals surface area contributed by atoms with E-state index in [4.69, 9.17) is 18.9 Å². The average molecular weight is 1390 g/mol. The van der Waals surface area contributed by atoms with Crippen LogP contribution in [-0.4, -0.2) is 140 Å². The van der Waals surface area contributed by atoms with Gasteiger partial charge >= 0.3 is 0 Å². The van der Waals surface area contributed by atoms with E-state index in [9.17, 15) is 45.6 Å². The zero-order valence-electron chi connectivity index (χ0n) is 61.7. The number of rotatable bonds is 63. The normalized spacial score (nSPS) is 22.8. The molecule has 0 aromatic carbocycles. The lowest BCUT2D eigenvalue weighted by atomic mass is 9.97. The lowest BCUT2D eigenvalue weighted by Crippen LogP contribution is -2.65. The molecule has 14 heteroatoms. The second kappa shape index (κ2) is 66.8. The Bertz CT molecular complexity index is 2280. The van der Waals surface area contributed by atoms with Gasteiger partial charge in [-0.15, -0.1) is 0 Å². The molecule has 0 aliphatic carbocycles. The van der Waals surface area contributed by atoms with Gasteiger partial charge in [0.2, 0.25) is 5.91 Å². The summed E-state index contributed by atoms with van der Waals surface area (Å²) in [7, 11) is 0. The first kappa shape index (κ1) is 90.7. The average Bonchev–Trinajstić information content (AvgIpc) is 0.799. The molecule has 0 bridgehead atoms. The summed E-state index contributed by atoms with van der Waals surface area (Å²) < 4.78 is 22.9. The molecule has 9 N–H and O–H groups in total. The van der Waals surface area contributed by atoms with E-state index >= 15 is 0 Å². The van der Waals surface area contributed by atoms with Gasteiger partial charge in [0.25, 0.3) is 0 Å². The summed E-state index contributed by atoms with van der Waals surface area (Å²) in [4.78, 5) is 13.4. The third kappa shape index (κ3) is 49.8. The van der Waals surface area contributed by atoms with Crippen molar-refractivity contribution in [3.05, 3.63) is 158 Å². The van der Waals surface area contributed by atoms with Gasteiger partial charge in [0.1, 0.15) is 48.8 Å². The Morgan fingerprint density at radius 3 is 1.11 bits per heavy atom. The van der Waals surface area contributed by atoms with Crippen LogP contribution in [-0.2, 0) is 23.7 Å². The van der Waals surface area contributed by atoms with Gasteiger partial charge in [-0.05, 0) is 116 Å². The van der Waals surface area contributed by atoms with Gasteiger partial charge in [-0.25, -0.2) is 0 Å². The van der Waals surface area contributed by atoms with Crippen LogP contribution in [0.3, 0.4) is 0 Å². The number of carbonyl (C=O) groups is 1. The number of hydrogen-bond donors (Lipinski definition) is 9. The largest absolute Gasteiger partial charge is 0.394 e. The number of carbonyl (C=O) groups excluding carboxylic acids is 1. The molecule has 0 radical (unpaired) electrons.